The Balaban J connectivity index is 1.61. The largest absolute Gasteiger partial charge is 0.385 e. The standard InChI is InChI=1S/C16H18N/c1-3-9-15(10-4-1)11-7-8-14-17-16-12-5-2-6-13-16/h1,3-6,9-10,12-13,17H,7-8,11,14H2. The van der Waals surface area contributed by atoms with Crippen molar-refractivity contribution >= 4 is 5.69 Å². The Hall–Kier alpha value is -1.76. The van der Waals surface area contributed by atoms with E-state index in [0.717, 1.165) is 6.54 Å². The topological polar surface area (TPSA) is 12.0 Å². The number of hydrogen-bond acceptors (Lipinski definition) is 1. The molecule has 1 nitrogen and oxygen atoms in total. The average molecular weight is 224 g/mol. The van der Waals surface area contributed by atoms with E-state index < -0.39 is 0 Å². The van der Waals surface area contributed by atoms with Crippen LogP contribution in [0.3, 0.4) is 0 Å². The van der Waals surface area contributed by atoms with E-state index in [2.05, 4.69) is 53.8 Å². The molecular formula is C16H18N. The average Bonchev–Trinajstić information content (AvgIpc) is 2.41. The van der Waals surface area contributed by atoms with Crippen molar-refractivity contribution in [1.29, 1.82) is 0 Å². The molecule has 2 rings (SSSR count). The monoisotopic (exact) mass is 224 g/mol. The maximum atomic E-state index is 3.41. The number of unbranched alkanes of at least 4 members (excludes halogenated alkanes) is 1. The summed E-state index contributed by atoms with van der Waals surface area (Å²) in [5, 5.41) is 3.41. The molecule has 2 aromatic carbocycles. The van der Waals surface area contributed by atoms with Gasteiger partial charge in [0, 0.05) is 12.2 Å². The molecular weight excluding hydrogens is 206 g/mol. The second-order valence-electron chi connectivity index (χ2n) is 4.16. The van der Waals surface area contributed by atoms with Crippen LogP contribution in [0.5, 0.6) is 0 Å². The van der Waals surface area contributed by atoms with Crippen molar-refractivity contribution in [3.05, 3.63) is 66.2 Å². The number of aryl methyl sites for hydroxylation is 1. The van der Waals surface area contributed by atoms with Gasteiger partial charge in [-0.15, -0.1) is 0 Å². The van der Waals surface area contributed by atoms with Crippen molar-refractivity contribution < 1.29 is 0 Å². The maximum Gasteiger partial charge on any atom is 0.0340 e. The predicted molar refractivity (Wildman–Crippen MR) is 73.1 cm³/mol. The molecule has 1 radical (unpaired) electrons. The Bertz CT molecular complexity index is 367. The van der Waals surface area contributed by atoms with Gasteiger partial charge in [0.15, 0.2) is 0 Å². The van der Waals surface area contributed by atoms with E-state index in [1.165, 1.54) is 30.5 Å². The van der Waals surface area contributed by atoms with E-state index in [4.69, 9.17) is 0 Å². The number of rotatable bonds is 6. The molecule has 0 atom stereocenters. The van der Waals surface area contributed by atoms with E-state index in [-0.39, 0.29) is 0 Å². The number of benzene rings is 2. The highest BCUT2D eigenvalue weighted by atomic mass is 14.9. The molecule has 0 saturated carbocycles. The second kappa shape index (κ2) is 6.74. The summed E-state index contributed by atoms with van der Waals surface area (Å²) in [4.78, 5) is 0. The lowest BCUT2D eigenvalue weighted by Gasteiger charge is -2.05. The summed E-state index contributed by atoms with van der Waals surface area (Å²) in [6.45, 7) is 1.04. The molecule has 0 saturated heterocycles. The first-order valence-electron chi connectivity index (χ1n) is 6.19. The summed E-state index contributed by atoms with van der Waals surface area (Å²) < 4.78 is 0. The van der Waals surface area contributed by atoms with Crippen LogP contribution in [0.1, 0.15) is 18.4 Å². The van der Waals surface area contributed by atoms with Gasteiger partial charge >= 0.3 is 0 Å². The second-order valence-corrected chi connectivity index (χ2v) is 4.16. The fourth-order valence-electron chi connectivity index (χ4n) is 1.84. The van der Waals surface area contributed by atoms with Crippen LogP contribution in [0.15, 0.2) is 54.6 Å². The van der Waals surface area contributed by atoms with Gasteiger partial charge in [0.05, 0.1) is 0 Å². The van der Waals surface area contributed by atoms with Crippen LogP contribution in [-0.4, -0.2) is 6.54 Å². The van der Waals surface area contributed by atoms with E-state index in [1.807, 2.05) is 12.1 Å². The minimum Gasteiger partial charge on any atom is -0.385 e. The van der Waals surface area contributed by atoms with Crippen molar-refractivity contribution in [3.63, 3.8) is 0 Å². The highest BCUT2D eigenvalue weighted by molar-refractivity contribution is 5.41. The minimum absolute atomic E-state index is 1.04. The minimum atomic E-state index is 1.04. The molecule has 0 heterocycles. The van der Waals surface area contributed by atoms with Crippen LogP contribution in [0, 0.1) is 6.07 Å². The molecule has 0 aliphatic rings. The van der Waals surface area contributed by atoms with Crippen LogP contribution < -0.4 is 5.32 Å². The van der Waals surface area contributed by atoms with E-state index in [0.29, 0.717) is 0 Å². The van der Waals surface area contributed by atoms with Gasteiger partial charge in [-0.1, -0.05) is 42.5 Å². The molecule has 0 bridgehead atoms. The molecule has 0 amide bonds. The zero-order chi connectivity index (χ0) is 11.8. The van der Waals surface area contributed by atoms with Gasteiger partial charge in [-0.05, 0) is 43.0 Å². The molecule has 0 unspecified atom stereocenters. The molecule has 0 aliphatic heterocycles. The number of hydrogen-bond donors (Lipinski definition) is 1. The molecule has 0 spiro atoms. The van der Waals surface area contributed by atoms with Gasteiger partial charge in [0.1, 0.15) is 0 Å². The van der Waals surface area contributed by atoms with Crippen LogP contribution in [-0.2, 0) is 6.42 Å². The van der Waals surface area contributed by atoms with Crippen molar-refractivity contribution in [2.45, 2.75) is 19.3 Å². The molecule has 0 aliphatic carbocycles. The summed E-state index contributed by atoms with van der Waals surface area (Å²) in [7, 11) is 0. The molecule has 17 heavy (non-hydrogen) atoms. The summed E-state index contributed by atoms with van der Waals surface area (Å²) in [6.07, 6.45) is 3.61. The highest BCUT2D eigenvalue weighted by Gasteiger charge is 1.93. The van der Waals surface area contributed by atoms with Crippen molar-refractivity contribution in [2.24, 2.45) is 0 Å². The van der Waals surface area contributed by atoms with Crippen LogP contribution in [0.25, 0.3) is 0 Å². The molecule has 1 heteroatoms. The van der Waals surface area contributed by atoms with E-state index >= 15 is 0 Å². The number of nitrogens with one attached hydrogen (secondary N) is 1. The van der Waals surface area contributed by atoms with Gasteiger partial charge < -0.3 is 5.32 Å². The van der Waals surface area contributed by atoms with Crippen LogP contribution in [0.4, 0.5) is 5.69 Å². The van der Waals surface area contributed by atoms with E-state index in [1.54, 1.807) is 0 Å². The van der Waals surface area contributed by atoms with E-state index in [9.17, 15) is 0 Å². The van der Waals surface area contributed by atoms with Gasteiger partial charge in [0.2, 0.25) is 0 Å². The van der Waals surface area contributed by atoms with Crippen LogP contribution in [0.2, 0.25) is 0 Å². The summed E-state index contributed by atoms with van der Waals surface area (Å²) in [5.74, 6) is 0. The third-order valence-corrected chi connectivity index (χ3v) is 2.78. The Morgan fingerprint density at radius 1 is 0.882 bits per heavy atom. The summed E-state index contributed by atoms with van der Waals surface area (Å²) in [5.41, 5.74) is 2.62. The van der Waals surface area contributed by atoms with Crippen molar-refractivity contribution in [1.82, 2.24) is 0 Å². The summed E-state index contributed by atoms with van der Waals surface area (Å²) in [6, 6.07) is 21.7. The Kier molecular flexibility index (Phi) is 4.65. The fraction of sp³-hybridized carbons (Fsp3) is 0.250. The summed E-state index contributed by atoms with van der Waals surface area (Å²) >= 11 is 0. The van der Waals surface area contributed by atoms with Crippen molar-refractivity contribution in [3.8, 4) is 0 Å². The first-order chi connectivity index (χ1) is 8.45. The molecule has 2 aromatic rings. The molecule has 87 valence electrons. The lowest BCUT2D eigenvalue weighted by atomic mass is 10.1. The first-order valence-corrected chi connectivity index (χ1v) is 6.19. The SMILES string of the molecule is [c]1ccc(NCCCCc2ccccc2)cc1. The van der Waals surface area contributed by atoms with Gasteiger partial charge in [-0.2, -0.15) is 0 Å². The number of anilines is 1. The smallest absolute Gasteiger partial charge is 0.0340 e. The Labute approximate surface area is 103 Å². The van der Waals surface area contributed by atoms with Crippen LogP contribution >= 0.6 is 0 Å². The van der Waals surface area contributed by atoms with Gasteiger partial charge in [-0.25, -0.2) is 0 Å². The van der Waals surface area contributed by atoms with Crippen molar-refractivity contribution in [2.75, 3.05) is 11.9 Å². The lowest BCUT2D eigenvalue weighted by molar-refractivity contribution is 0.763. The predicted octanol–water partition coefficient (Wildman–Crippen LogP) is 3.92. The molecule has 1 N–H and O–H groups in total. The normalized spacial score (nSPS) is 10.1. The fourth-order valence-corrected chi connectivity index (χ4v) is 1.84. The zero-order valence-electron chi connectivity index (χ0n) is 10.0. The Morgan fingerprint density at radius 3 is 2.41 bits per heavy atom. The first kappa shape index (κ1) is 11.7. The molecule has 0 aromatic heterocycles. The zero-order valence-corrected chi connectivity index (χ0v) is 10.0. The Morgan fingerprint density at radius 2 is 1.65 bits per heavy atom. The third kappa shape index (κ3) is 4.31. The van der Waals surface area contributed by atoms with Gasteiger partial charge in [0.25, 0.3) is 0 Å². The lowest BCUT2D eigenvalue weighted by Crippen LogP contribution is -2.01. The molecule has 0 fully saturated rings. The van der Waals surface area contributed by atoms with Gasteiger partial charge in [-0.3, -0.25) is 0 Å². The third-order valence-electron chi connectivity index (χ3n) is 2.78. The quantitative estimate of drug-likeness (QED) is 0.733. The highest BCUT2D eigenvalue weighted by Crippen LogP contribution is 2.07. The maximum absolute atomic E-state index is 3.41.